The van der Waals surface area contributed by atoms with Gasteiger partial charge in [-0.2, -0.15) is 5.10 Å². The third kappa shape index (κ3) is 7.29. The van der Waals surface area contributed by atoms with Crippen molar-refractivity contribution in [2.45, 2.75) is 93.7 Å². The molecular formula is C40H45N7O7S. The highest BCUT2D eigenvalue weighted by Gasteiger charge is 2.62. The van der Waals surface area contributed by atoms with E-state index in [9.17, 15) is 27.6 Å². The fraction of sp³-hybridized carbons (Fsp3) is 0.450. The predicted octanol–water partition coefficient (Wildman–Crippen LogP) is 3.58. The Balaban J connectivity index is 1.12. The third-order valence-corrected chi connectivity index (χ3v) is 13.2. The summed E-state index contributed by atoms with van der Waals surface area (Å²) in [7, 11) is -2.16. The number of carbonyl (C=O) groups excluding carboxylic acids is 4. The Morgan fingerprint density at radius 2 is 1.73 bits per heavy atom. The van der Waals surface area contributed by atoms with Gasteiger partial charge in [0.05, 0.1) is 17.3 Å². The molecule has 2 aliphatic heterocycles. The summed E-state index contributed by atoms with van der Waals surface area (Å²) in [5.74, 6) is -2.41. The topological polar surface area (TPSA) is 182 Å². The lowest BCUT2D eigenvalue weighted by Gasteiger charge is -2.29. The van der Waals surface area contributed by atoms with Crippen LogP contribution in [0.2, 0.25) is 0 Å². The number of fused-ring (bicyclic) bond motifs is 5. The first kappa shape index (κ1) is 36.7. The molecular weight excluding hydrogens is 723 g/mol. The van der Waals surface area contributed by atoms with Gasteiger partial charge in [0.15, 0.2) is 0 Å². The average molecular weight is 768 g/mol. The Hall–Kier alpha value is -5.31. The van der Waals surface area contributed by atoms with Gasteiger partial charge in [-0.05, 0) is 69.0 Å². The Morgan fingerprint density at radius 1 is 0.982 bits per heavy atom. The molecule has 0 spiro atoms. The quantitative estimate of drug-likeness (QED) is 0.187. The number of para-hydroxylation sites is 1. The molecule has 8 rings (SSSR count). The Kier molecular flexibility index (Phi) is 9.60. The third-order valence-electron chi connectivity index (χ3n) is 11.3. The number of benzene rings is 2. The molecule has 2 aromatic heterocycles. The van der Waals surface area contributed by atoms with Crippen LogP contribution in [0.25, 0.3) is 21.7 Å². The van der Waals surface area contributed by atoms with Gasteiger partial charge in [-0.3, -0.25) is 28.6 Å². The van der Waals surface area contributed by atoms with Crippen LogP contribution in [-0.4, -0.2) is 87.2 Å². The van der Waals surface area contributed by atoms with Gasteiger partial charge in [0.1, 0.15) is 29.4 Å². The number of pyridine rings is 1. The maximum absolute atomic E-state index is 14.7. The molecule has 1 saturated heterocycles. The number of nitrogens with zero attached hydrogens (tertiary/aromatic N) is 4. The first-order chi connectivity index (χ1) is 26.4. The number of amides is 4. The molecule has 0 unspecified atom stereocenters. The SMILES string of the molecule is Cc1cc(C(=O)N[C@H]2CCCCCC=C[C@@H]3C[C@@]3(C(=O)NS(=O)(=O)C3CC3)NC(=O)[C@@H]3C[C@@H](Oc4nc5ccccc5c5ccccc45)CN3C2=O)nn1C. The number of rotatable bonds is 7. The van der Waals surface area contributed by atoms with E-state index in [1.54, 1.807) is 17.8 Å². The van der Waals surface area contributed by atoms with Crippen molar-refractivity contribution >= 4 is 55.3 Å². The van der Waals surface area contributed by atoms with Crippen LogP contribution < -0.4 is 20.1 Å². The lowest BCUT2D eigenvalue weighted by Crippen LogP contribution is -2.58. The molecule has 14 nitrogen and oxygen atoms in total. The highest BCUT2D eigenvalue weighted by molar-refractivity contribution is 7.91. The first-order valence-electron chi connectivity index (χ1n) is 19.0. The lowest BCUT2D eigenvalue weighted by atomic mass is 10.0. The summed E-state index contributed by atoms with van der Waals surface area (Å²) in [5, 5.41) is 12.2. The second-order valence-corrected chi connectivity index (χ2v) is 17.3. The monoisotopic (exact) mass is 767 g/mol. The Morgan fingerprint density at radius 3 is 2.47 bits per heavy atom. The fourth-order valence-corrected chi connectivity index (χ4v) is 9.24. The minimum absolute atomic E-state index is 0.00735. The van der Waals surface area contributed by atoms with Crippen LogP contribution in [0.5, 0.6) is 5.88 Å². The molecule has 3 N–H and O–H groups in total. The van der Waals surface area contributed by atoms with Crippen molar-refractivity contribution in [1.82, 2.24) is 35.0 Å². The highest BCUT2D eigenvalue weighted by atomic mass is 32.2. The largest absolute Gasteiger partial charge is 0.472 e. The Labute approximate surface area is 319 Å². The van der Waals surface area contributed by atoms with E-state index in [0.29, 0.717) is 38.0 Å². The molecule has 2 aliphatic carbocycles. The van der Waals surface area contributed by atoms with Gasteiger partial charge in [0.2, 0.25) is 27.7 Å². The van der Waals surface area contributed by atoms with Crippen LogP contribution >= 0.6 is 0 Å². The number of aromatic nitrogens is 3. The minimum atomic E-state index is -3.89. The van der Waals surface area contributed by atoms with Crippen molar-refractivity contribution in [2.24, 2.45) is 13.0 Å². The summed E-state index contributed by atoms with van der Waals surface area (Å²) in [6.45, 7) is 1.83. The van der Waals surface area contributed by atoms with Crippen molar-refractivity contribution in [1.29, 1.82) is 0 Å². The molecule has 5 atom stereocenters. The molecule has 4 amide bonds. The van der Waals surface area contributed by atoms with E-state index in [1.807, 2.05) is 67.6 Å². The van der Waals surface area contributed by atoms with E-state index < -0.39 is 68.5 Å². The average Bonchev–Trinajstić information content (AvgIpc) is 4.07. The summed E-state index contributed by atoms with van der Waals surface area (Å²) in [4.78, 5) is 62.7. The van der Waals surface area contributed by atoms with E-state index in [0.717, 1.165) is 40.2 Å². The number of nitrogens with one attached hydrogen (secondary N) is 3. The van der Waals surface area contributed by atoms with Crippen LogP contribution in [0.1, 0.15) is 74.0 Å². The van der Waals surface area contributed by atoms with Crippen molar-refractivity contribution in [2.75, 3.05) is 6.54 Å². The number of carbonyl (C=O) groups is 4. The fourth-order valence-electron chi connectivity index (χ4n) is 7.87. The molecule has 4 aliphatic rings. The molecule has 2 saturated carbocycles. The zero-order valence-corrected chi connectivity index (χ0v) is 31.7. The molecule has 4 aromatic rings. The molecule has 3 fully saturated rings. The van der Waals surface area contributed by atoms with Crippen molar-refractivity contribution in [3.63, 3.8) is 0 Å². The Bertz CT molecular complexity index is 2320. The van der Waals surface area contributed by atoms with Crippen molar-refractivity contribution < 1.29 is 32.3 Å². The zero-order valence-electron chi connectivity index (χ0n) is 30.9. The normalized spacial score (nSPS) is 26.0. The smallest absolute Gasteiger partial charge is 0.272 e. The minimum Gasteiger partial charge on any atom is -0.472 e. The molecule has 0 bridgehead atoms. The molecule has 2 aromatic carbocycles. The van der Waals surface area contributed by atoms with Gasteiger partial charge in [0.25, 0.3) is 11.8 Å². The summed E-state index contributed by atoms with van der Waals surface area (Å²) in [6, 6.07) is 15.1. The lowest BCUT2D eigenvalue weighted by molar-refractivity contribution is -0.141. The standard InChI is InChI=1S/C40H45N7O7S/c1-24-20-33(44-46(24)2)35(48)41-32-17-7-5-3-4-6-12-25-22-40(25,39(51)45-55(52,53)27-18-19-27)43-36(49)34-21-26(23-47(34)38(32)50)54-37-30-15-9-8-13-28(30)29-14-10-11-16-31(29)42-37/h6,8-16,20,25-27,32,34H,3-5,7,17-19,21-23H2,1-2H3,(H,41,48)(H,43,49)(H,45,51)/t25-,26-,32+,34+,40-/m1/s1. The number of allylic oxidation sites excluding steroid dienone is 1. The molecule has 288 valence electrons. The van der Waals surface area contributed by atoms with E-state index in [1.165, 1.54) is 4.90 Å². The van der Waals surface area contributed by atoms with Crippen molar-refractivity contribution in [3.8, 4) is 5.88 Å². The van der Waals surface area contributed by atoms with Gasteiger partial charge in [-0.25, -0.2) is 13.4 Å². The van der Waals surface area contributed by atoms with Crippen LogP contribution in [-0.2, 0) is 31.5 Å². The predicted molar refractivity (Wildman–Crippen MR) is 204 cm³/mol. The zero-order chi connectivity index (χ0) is 38.5. The molecule has 0 radical (unpaired) electrons. The molecule has 15 heteroatoms. The van der Waals surface area contributed by atoms with Gasteiger partial charge in [-0.1, -0.05) is 61.4 Å². The van der Waals surface area contributed by atoms with E-state index in [-0.39, 0.29) is 25.1 Å². The summed E-state index contributed by atoms with van der Waals surface area (Å²) < 4.78 is 36.2. The second-order valence-electron chi connectivity index (χ2n) is 15.3. The molecule has 55 heavy (non-hydrogen) atoms. The molecule has 4 heterocycles. The van der Waals surface area contributed by atoms with E-state index in [4.69, 9.17) is 9.72 Å². The second kappa shape index (κ2) is 14.4. The summed E-state index contributed by atoms with van der Waals surface area (Å²) in [5.41, 5.74) is 0.185. The van der Waals surface area contributed by atoms with Gasteiger partial charge >= 0.3 is 0 Å². The first-order valence-corrected chi connectivity index (χ1v) is 20.6. The van der Waals surface area contributed by atoms with E-state index in [2.05, 4.69) is 20.5 Å². The van der Waals surface area contributed by atoms with Crippen LogP contribution in [0.15, 0.2) is 66.7 Å². The van der Waals surface area contributed by atoms with Crippen LogP contribution in [0, 0.1) is 12.8 Å². The number of sulfonamides is 1. The van der Waals surface area contributed by atoms with Crippen molar-refractivity contribution in [3.05, 3.63) is 78.1 Å². The summed E-state index contributed by atoms with van der Waals surface area (Å²) in [6.07, 6.45) is 7.64. The number of hydrogen-bond donors (Lipinski definition) is 3. The van der Waals surface area contributed by atoms with E-state index >= 15 is 0 Å². The van der Waals surface area contributed by atoms with Gasteiger partial charge < -0.3 is 20.3 Å². The summed E-state index contributed by atoms with van der Waals surface area (Å²) >= 11 is 0. The number of aryl methyl sites for hydroxylation is 2. The maximum atomic E-state index is 14.7. The number of hydrogen-bond acceptors (Lipinski definition) is 9. The number of ether oxygens (including phenoxy) is 1. The van der Waals surface area contributed by atoms with Gasteiger partial charge in [-0.15, -0.1) is 0 Å². The van der Waals surface area contributed by atoms with Gasteiger partial charge in [0, 0.05) is 35.9 Å². The maximum Gasteiger partial charge on any atom is 0.272 e. The highest BCUT2D eigenvalue weighted by Crippen LogP contribution is 2.46. The van der Waals surface area contributed by atoms with Crippen LogP contribution in [0.4, 0.5) is 0 Å². The van der Waals surface area contributed by atoms with Crippen LogP contribution in [0.3, 0.4) is 0 Å².